The van der Waals surface area contributed by atoms with E-state index in [-0.39, 0.29) is 23.3 Å². The van der Waals surface area contributed by atoms with E-state index in [1.807, 2.05) is 24.3 Å². The molecule has 0 unspecified atom stereocenters. The molecule has 0 saturated carbocycles. The Morgan fingerprint density at radius 3 is 2.58 bits per heavy atom. The lowest BCUT2D eigenvalue weighted by Gasteiger charge is -2.37. The molecule has 0 saturated heterocycles. The molecule has 3 aromatic carbocycles. The quantitative estimate of drug-likeness (QED) is 0.287. The van der Waals surface area contributed by atoms with Gasteiger partial charge in [-0.15, -0.1) is 0 Å². The second kappa shape index (κ2) is 8.75. The Labute approximate surface area is 197 Å². The topological polar surface area (TPSA) is 64.6 Å². The molecule has 2 aliphatic rings. The van der Waals surface area contributed by atoms with Crippen LogP contribution < -0.4 is 10.1 Å². The molecule has 1 heterocycles. The molecule has 1 aliphatic carbocycles. The smallest absolute Gasteiger partial charge is 0.343 e. The number of para-hydroxylation sites is 1. The van der Waals surface area contributed by atoms with E-state index in [9.17, 15) is 9.59 Å². The standard InChI is InChI=1S/C27H22ClNO4/c1-32-27(31)21-5-2-3-8-24(21)33-26(30)17-11-14-23-22(15-17)19-6-4-7-20(19)25(29-23)16-9-12-18(28)13-10-16/h2-6,8-15,19-20,25,29H,7H2,1H3/t19-,20+,25+/m1/s1. The van der Waals surface area contributed by atoms with Crippen LogP contribution in [0, 0.1) is 5.92 Å². The molecule has 0 fully saturated rings. The lowest BCUT2D eigenvalue weighted by atomic mass is 9.76. The van der Waals surface area contributed by atoms with Gasteiger partial charge in [-0.25, -0.2) is 9.59 Å². The lowest BCUT2D eigenvalue weighted by Crippen LogP contribution is -2.29. The molecule has 0 radical (unpaired) electrons. The summed E-state index contributed by atoms with van der Waals surface area (Å²) in [6.07, 6.45) is 5.37. The highest BCUT2D eigenvalue weighted by Gasteiger charge is 2.38. The van der Waals surface area contributed by atoms with Crippen molar-refractivity contribution in [3.63, 3.8) is 0 Å². The third kappa shape index (κ3) is 4.00. The van der Waals surface area contributed by atoms with Crippen molar-refractivity contribution in [1.29, 1.82) is 0 Å². The van der Waals surface area contributed by atoms with Crippen LogP contribution in [-0.4, -0.2) is 19.0 Å². The number of carbonyl (C=O) groups is 2. The molecular weight excluding hydrogens is 438 g/mol. The van der Waals surface area contributed by atoms with Crippen LogP contribution in [0.3, 0.4) is 0 Å². The first kappa shape index (κ1) is 21.3. The zero-order valence-corrected chi connectivity index (χ0v) is 18.7. The third-order valence-electron chi connectivity index (χ3n) is 6.32. The van der Waals surface area contributed by atoms with Gasteiger partial charge in [0.05, 0.1) is 18.7 Å². The summed E-state index contributed by atoms with van der Waals surface area (Å²) in [5.41, 5.74) is 3.88. The number of ether oxygens (including phenoxy) is 2. The van der Waals surface area contributed by atoms with Gasteiger partial charge in [0.1, 0.15) is 11.3 Å². The number of methoxy groups -OCH3 is 1. The van der Waals surface area contributed by atoms with Gasteiger partial charge >= 0.3 is 11.9 Å². The fourth-order valence-electron chi connectivity index (χ4n) is 4.71. The van der Waals surface area contributed by atoms with E-state index in [1.165, 1.54) is 12.7 Å². The number of hydrogen-bond donors (Lipinski definition) is 1. The van der Waals surface area contributed by atoms with Gasteiger partial charge in [0.2, 0.25) is 0 Å². The number of anilines is 1. The van der Waals surface area contributed by atoms with E-state index in [4.69, 9.17) is 21.1 Å². The van der Waals surface area contributed by atoms with Crippen molar-refractivity contribution in [2.45, 2.75) is 18.4 Å². The minimum absolute atomic E-state index is 0.152. The molecule has 5 rings (SSSR count). The number of rotatable bonds is 4. The molecule has 166 valence electrons. The van der Waals surface area contributed by atoms with Gasteiger partial charge < -0.3 is 14.8 Å². The summed E-state index contributed by atoms with van der Waals surface area (Å²) in [5, 5.41) is 4.37. The summed E-state index contributed by atoms with van der Waals surface area (Å²) in [6.45, 7) is 0. The minimum atomic E-state index is -0.555. The van der Waals surface area contributed by atoms with Crippen LogP contribution in [0.25, 0.3) is 0 Å². The average molecular weight is 460 g/mol. The fraction of sp³-hybridized carbons (Fsp3) is 0.185. The van der Waals surface area contributed by atoms with Crippen molar-refractivity contribution in [3.8, 4) is 5.75 Å². The van der Waals surface area contributed by atoms with Crippen molar-refractivity contribution in [2.24, 2.45) is 5.92 Å². The molecule has 1 N–H and O–H groups in total. The number of esters is 2. The number of hydrogen-bond acceptors (Lipinski definition) is 5. The number of benzene rings is 3. The number of nitrogens with one attached hydrogen (secondary N) is 1. The molecule has 5 nitrogen and oxygen atoms in total. The molecule has 0 bridgehead atoms. The number of allylic oxidation sites excluding steroid dienone is 2. The zero-order valence-electron chi connectivity index (χ0n) is 18.0. The van der Waals surface area contributed by atoms with Gasteiger partial charge in [0.25, 0.3) is 0 Å². The van der Waals surface area contributed by atoms with E-state index in [0.29, 0.717) is 16.5 Å². The van der Waals surface area contributed by atoms with Gasteiger partial charge in [-0.1, -0.05) is 48.0 Å². The van der Waals surface area contributed by atoms with Crippen molar-refractivity contribution in [3.05, 3.63) is 106 Å². The largest absolute Gasteiger partial charge is 0.465 e. The van der Waals surface area contributed by atoms with E-state index >= 15 is 0 Å². The second-order valence-corrected chi connectivity index (χ2v) is 8.64. The highest BCUT2D eigenvalue weighted by molar-refractivity contribution is 6.30. The molecular formula is C27H22ClNO4. The van der Waals surface area contributed by atoms with Crippen LogP contribution in [0.15, 0.2) is 78.9 Å². The van der Waals surface area contributed by atoms with Crippen LogP contribution in [0.2, 0.25) is 5.02 Å². The number of carbonyl (C=O) groups excluding carboxylic acids is 2. The zero-order chi connectivity index (χ0) is 22.9. The lowest BCUT2D eigenvalue weighted by molar-refractivity contribution is 0.0593. The first-order chi connectivity index (χ1) is 16.0. The molecule has 6 heteroatoms. The predicted octanol–water partition coefficient (Wildman–Crippen LogP) is 6.17. The van der Waals surface area contributed by atoms with Gasteiger partial charge in [-0.05, 0) is 65.9 Å². The maximum atomic E-state index is 12.9. The van der Waals surface area contributed by atoms with Crippen molar-refractivity contribution >= 4 is 29.2 Å². The number of halogens is 1. The number of fused-ring (bicyclic) bond motifs is 3. The summed E-state index contributed by atoms with van der Waals surface area (Å²) in [4.78, 5) is 24.9. The van der Waals surface area contributed by atoms with Crippen LogP contribution in [0.4, 0.5) is 5.69 Å². The average Bonchev–Trinajstić information content (AvgIpc) is 3.34. The highest BCUT2D eigenvalue weighted by atomic mass is 35.5. The molecule has 0 amide bonds. The molecule has 0 spiro atoms. The highest BCUT2D eigenvalue weighted by Crippen LogP contribution is 2.50. The van der Waals surface area contributed by atoms with Crippen LogP contribution >= 0.6 is 11.6 Å². The van der Waals surface area contributed by atoms with Crippen molar-refractivity contribution in [1.82, 2.24) is 0 Å². The van der Waals surface area contributed by atoms with Gasteiger partial charge in [-0.3, -0.25) is 0 Å². The first-order valence-electron chi connectivity index (χ1n) is 10.8. The second-order valence-electron chi connectivity index (χ2n) is 8.21. The monoisotopic (exact) mass is 459 g/mol. The van der Waals surface area contributed by atoms with Crippen LogP contribution in [-0.2, 0) is 4.74 Å². The summed E-state index contributed by atoms with van der Waals surface area (Å²) in [6, 6.07) is 20.2. The van der Waals surface area contributed by atoms with Crippen LogP contribution in [0.1, 0.15) is 50.2 Å². The summed E-state index contributed by atoms with van der Waals surface area (Å²) in [7, 11) is 1.29. The fourth-order valence-corrected chi connectivity index (χ4v) is 4.84. The van der Waals surface area contributed by atoms with E-state index in [0.717, 1.165) is 17.7 Å². The molecule has 3 aromatic rings. The summed E-state index contributed by atoms with van der Waals surface area (Å²) in [5.74, 6) is -0.374. The molecule has 33 heavy (non-hydrogen) atoms. The summed E-state index contributed by atoms with van der Waals surface area (Å²) >= 11 is 6.08. The molecule has 1 aliphatic heterocycles. The third-order valence-corrected chi connectivity index (χ3v) is 6.57. The van der Waals surface area contributed by atoms with Crippen molar-refractivity contribution in [2.75, 3.05) is 12.4 Å². The maximum Gasteiger partial charge on any atom is 0.343 e. The Balaban J connectivity index is 1.43. The SMILES string of the molecule is COC(=O)c1ccccc1OC(=O)c1ccc2c(c1)[C@@H]1C=CC[C@@H]1[C@H](c1ccc(Cl)cc1)N2. The molecule has 3 atom stereocenters. The van der Waals surface area contributed by atoms with E-state index in [1.54, 1.807) is 30.3 Å². The van der Waals surface area contributed by atoms with Gasteiger partial charge in [-0.2, -0.15) is 0 Å². The van der Waals surface area contributed by atoms with Crippen molar-refractivity contribution < 1.29 is 19.1 Å². The predicted molar refractivity (Wildman–Crippen MR) is 127 cm³/mol. The van der Waals surface area contributed by atoms with E-state index < -0.39 is 11.9 Å². The normalized spacial score (nSPS) is 20.4. The Morgan fingerprint density at radius 2 is 1.79 bits per heavy atom. The van der Waals surface area contributed by atoms with Gasteiger partial charge in [0, 0.05) is 16.6 Å². The Kier molecular flexibility index (Phi) is 5.65. The Bertz CT molecular complexity index is 1250. The van der Waals surface area contributed by atoms with Gasteiger partial charge in [0.15, 0.2) is 0 Å². The van der Waals surface area contributed by atoms with E-state index in [2.05, 4.69) is 29.6 Å². The Morgan fingerprint density at radius 1 is 1.00 bits per heavy atom. The summed E-state index contributed by atoms with van der Waals surface area (Å²) < 4.78 is 10.4. The first-order valence-corrected chi connectivity index (χ1v) is 11.1. The Hall–Kier alpha value is -3.57. The minimum Gasteiger partial charge on any atom is -0.465 e. The van der Waals surface area contributed by atoms with Crippen LogP contribution in [0.5, 0.6) is 5.75 Å². The maximum absolute atomic E-state index is 12.9. The molecule has 0 aromatic heterocycles.